The van der Waals surface area contributed by atoms with Gasteiger partial charge in [-0.3, -0.25) is 0 Å². The molecule has 94 valence electrons. The van der Waals surface area contributed by atoms with Crippen molar-refractivity contribution in [3.8, 4) is 0 Å². The molecule has 2 rings (SSSR count). The highest BCUT2D eigenvalue weighted by molar-refractivity contribution is 14.1. The van der Waals surface area contributed by atoms with Crippen molar-refractivity contribution in [3.63, 3.8) is 0 Å². The normalized spacial score (nSPS) is 19.9. The first-order valence-corrected chi connectivity index (χ1v) is 8.26. The molecule has 1 aliphatic rings. The zero-order valence-corrected chi connectivity index (χ0v) is 13.7. The summed E-state index contributed by atoms with van der Waals surface area (Å²) in [5, 5.41) is 0. The van der Waals surface area contributed by atoms with Crippen molar-refractivity contribution in [3.05, 3.63) is 31.8 Å². The molecule has 0 spiro atoms. The van der Waals surface area contributed by atoms with Gasteiger partial charge in [0.25, 0.3) is 0 Å². The lowest BCUT2D eigenvalue weighted by atomic mass is 9.88. The second-order valence-corrected chi connectivity index (χ2v) is 7.04. The van der Waals surface area contributed by atoms with Crippen molar-refractivity contribution in [2.45, 2.75) is 44.6 Å². The van der Waals surface area contributed by atoms with Crippen LogP contribution in [0.4, 0.5) is 0 Å². The molecule has 1 fully saturated rings. The van der Waals surface area contributed by atoms with Crippen LogP contribution in [0, 0.1) is 9.49 Å². The second-order valence-electron chi connectivity index (χ2n) is 4.94. The third-order valence-electron chi connectivity index (χ3n) is 3.72. The molecule has 0 heterocycles. The van der Waals surface area contributed by atoms with Gasteiger partial charge in [-0.1, -0.05) is 41.6 Å². The Morgan fingerprint density at radius 1 is 1.18 bits per heavy atom. The maximum atomic E-state index is 6.48. The van der Waals surface area contributed by atoms with E-state index >= 15 is 0 Å². The number of hydrogen-bond donors (Lipinski definition) is 1. The van der Waals surface area contributed by atoms with Crippen LogP contribution in [-0.4, -0.2) is 0 Å². The molecule has 2 N–H and O–H groups in total. The van der Waals surface area contributed by atoms with Gasteiger partial charge in [0.05, 0.1) is 0 Å². The minimum Gasteiger partial charge on any atom is -0.324 e. The van der Waals surface area contributed by atoms with Crippen molar-refractivity contribution < 1.29 is 0 Å². The fourth-order valence-electron chi connectivity index (χ4n) is 2.69. The van der Waals surface area contributed by atoms with E-state index in [1.54, 1.807) is 0 Å². The molecular weight excluding hydrogens is 389 g/mol. The van der Waals surface area contributed by atoms with Gasteiger partial charge < -0.3 is 5.73 Å². The SMILES string of the molecule is NC(c1cc(I)ccc1Br)C1CCCCCC1. The van der Waals surface area contributed by atoms with E-state index in [0.29, 0.717) is 5.92 Å². The number of halogens is 2. The monoisotopic (exact) mass is 407 g/mol. The number of benzene rings is 1. The minimum atomic E-state index is 0.192. The van der Waals surface area contributed by atoms with Crippen molar-refractivity contribution in [1.29, 1.82) is 0 Å². The van der Waals surface area contributed by atoms with Crippen molar-refractivity contribution >= 4 is 38.5 Å². The van der Waals surface area contributed by atoms with Crippen LogP contribution in [0.3, 0.4) is 0 Å². The van der Waals surface area contributed by atoms with E-state index in [1.807, 2.05) is 0 Å². The van der Waals surface area contributed by atoms with E-state index < -0.39 is 0 Å². The van der Waals surface area contributed by atoms with Crippen LogP contribution in [0.25, 0.3) is 0 Å². The highest BCUT2D eigenvalue weighted by Gasteiger charge is 2.22. The first kappa shape index (κ1) is 13.8. The molecule has 0 amide bonds. The lowest BCUT2D eigenvalue weighted by Crippen LogP contribution is -2.21. The summed E-state index contributed by atoms with van der Waals surface area (Å²) in [4.78, 5) is 0. The first-order valence-electron chi connectivity index (χ1n) is 6.39. The molecule has 0 bridgehead atoms. The van der Waals surface area contributed by atoms with Gasteiger partial charge in [0.2, 0.25) is 0 Å². The van der Waals surface area contributed by atoms with Crippen molar-refractivity contribution in [2.24, 2.45) is 11.7 Å². The van der Waals surface area contributed by atoms with Gasteiger partial charge in [-0.2, -0.15) is 0 Å². The van der Waals surface area contributed by atoms with Gasteiger partial charge >= 0.3 is 0 Å². The molecular formula is C14H19BrIN. The molecule has 1 saturated carbocycles. The summed E-state index contributed by atoms with van der Waals surface area (Å²) in [6.07, 6.45) is 8.05. The molecule has 3 heteroatoms. The van der Waals surface area contributed by atoms with E-state index in [4.69, 9.17) is 5.73 Å². The van der Waals surface area contributed by atoms with Crippen LogP contribution in [0.15, 0.2) is 22.7 Å². The number of nitrogens with two attached hydrogens (primary N) is 1. The van der Waals surface area contributed by atoms with Gasteiger partial charge in [-0.15, -0.1) is 0 Å². The van der Waals surface area contributed by atoms with Crippen LogP contribution in [0.2, 0.25) is 0 Å². The average molecular weight is 408 g/mol. The summed E-state index contributed by atoms with van der Waals surface area (Å²) in [5.41, 5.74) is 7.76. The third kappa shape index (κ3) is 3.67. The Hall–Kier alpha value is 0.390. The molecule has 17 heavy (non-hydrogen) atoms. The standard InChI is InChI=1S/C14H19BrIN/c15-13-8-7-11(16)9-12(13)14(17)10-5-3-1-2-4-6-10/h7-10,14H,1-6,17H2. The first-order chi connectivity index (χ1) is 8.18. The number of hydrogen-bond acceptors (Lipinski definition) is 1. The second kappa shape index (κ2) is 6.53. The van der Waals surface area contributed by atoms with Gasteiger partial charge in [0.15, 0.2) is 0 Å². The number of rotatable bonds is 2. The summed E-state index contributed by atoms with van der Waals surface area (Å²) in [6.45, 7) is 0. The fourth-order valence-corrected chi connectivity index (χ4v) is 3.72. The van der Waals surface area contributed by atoms with E-state index in [2.05, 4.69) is 56.7 Å². The van der Waals surface area contributed by atoms with Crippen LogP contribution in [0.5, 0.6) is 0 Å². The quantitative estimate of drug-likeness (QED) is 0.540. The van der Waals surface area contributed by atoms with Gasteiger partial charge in [0, 0.05) is 14.1 Å². The van der Waals surface area contributed by atoms with E-state index in [0.717, 1.165) is 4.47 Å². The Balaban J connectivity index is 2.16. The Bertz CT molecular complexity index is 372. The van der Waals surface area contributed by atoms with Gasteiger partial charge in [0.1, 0.15) is 0 Å². The zero-order valence-electron chi connectivity index (χ0n) is 9.96. The molecule has 0 aromatic heterocycles. The summed E-state index contributed by atoms with van der Waals surface area (Å²) < 4.78 is 2.43. The molecule has 1 atom stereocenters. The molecule has 0 radical (unpaired) electrons. The largest absolute Gasteiger partial charge is 0.324 e. The molecule has 1 unspecified atom stereocenters. The summed E-state index contributed by atoms with van der Waals surface area (Å²) >= 11 is 5.99. The zero-order chi connectivity index (χ0) is 12.3. The van der Waals surface area contributed by atoms with Crippen LogP contribution in [-0.2, 0) is 0 Å². The van der Waals surface area contributed by atoms with E-state index in [1.165, 1.54) is 47.7 Å². The summed E-state index contributed by atoms with van der Waals surface area (Å²) in [6, 6.07) is 6.65. The van der Waals surface area contributed by atoms with Gasteiger partial charge in [-0.05, 0) is 65.1 Å². The Morgan fingerprint density at radius 2 is 1.82 bits per heavy atom. The topological polar surface area (TPSA) is 26.0 Å². The predicted octanol–water partition coefficient (Wildman–Crippen LogP) is 5.02. The smallest absolute Gasteiger partial charge is 0.0335 e. The van der Waals surface area contributed by atoms with Crippen molar-refractivity contribution in [1.82, 2.24) is 0 Å². The van der Waals surface area contributed by atoms with Gasteiger partial charge in [-0.25, -0.2) is 0 Å². The maximum absolute atomic E-state index is 6.48. The lowest BCUT2D eigenvalue weighted by Gasteiger charge is -2.24. The Kier molecular flexibility index (Phi) is 5.30. The van der Waals surface area contributed by atoms with Crippen LogP contribution < -0.4 is 5.73 Å². The highest BCUT2D eigenvalue weighted by Crippen LogP contribution is 2.35. The maximum Gasteiger partial charge on any atom is 0.0335 e. The van der Waals surface area contributed by atoms with Crippen molar-refractivity contribution in [2.75, 3.05) is 0 Å². The summed E-state index contributed by atoms with van der Waals surface area (Å²) in [7, 11) is 0. The molecule has 1 aromatic carbocycles. The minimum absolute atomic E-state index is 0.192. The average Bonchev–Trinajstić information content (AvgIpc) is 2.60. The lowest BCUT2D eigenvalue weighted by molar-refractivity contribution is 0.381. The molecule has 1 aliphatic carbocycles. The van der Waals surface area contributed by atoms with E-state index in [-0.39, 0.29) is 6.04 Å². The molecule has 0 aliphatic heterocycles. The highest BCUT2D eigenvalue weighted by atomic mass is 127. The predicted molar refractivity (Wildman–Crippen MR) is 85.0 cm³/mol. The molecule has 1 aromatic rings. The Labute approximate surface area is 126 Å². The fraction of sp³-hybridized carbons (Fsp3) is 0.571. The summed E-state index contributed by atoms with van der Waals surface area (Å²) in [5.74, 6) is 0.659. The van der Waals surface area contributed by atoms with Crippen LogP contribution in [0.1, 0.15) is 50.1 Å². The van der Waals surface area contributed by atoms with E-state index in [9.17, 15) is 0 Å². The van der Waals surface area contributed by atoms with Crippen LogP contribution >= 0.6 is 38.5 Å². The third-order valence-corrected chi connectivity index (χ3v) is 5.12. The Morgan fingerprint density at radius 3 is 2.47 bits per heavy atom. The molecule has 1 nitrogen and oxygen atoms in total. The molecule has 0 saturated heterocycles.